The maximum Gasteiger partial charge on any atom is 0.241 e. The summed E-state index contributed by atoms with van der Waals surface area (Å²) in [7, 11) is -2.28. The molecule has 0 aromatic heterocycles. The summed E-state index contributed by atoms with van der Waals surface area (Å²) in [6, 6.07) is 4.12. The predicted octanol–water partition coefficient (Wildman–Crippen LogP) is 0.565. The van der Waals surface area contributed by atoms with E-state index in [2.05, 4.69) is 16.0 Å². The number of carbonyl (C=O) groups excluding carboxylic acids is 1. The lowest BCUT2D eigenvalue weighted by atomic mass is 10.3. The van der Waals surface area contributed by atoms with Gasteiger partial charge in [-0.15, -0.1) is 6.42 Å². The Hall–Kier alpha value is -2.04. The SMILES string of the molecule is C#CCNS(=O)(=O)c1ccc(OC)c(NC(C)=O)c1. The van der Waals surface area contributed by atoms with E-state index in [4.69, 9.17) is 11.2 Å². The Kier molecular flexibility index (Phi) is 4.92. The van der Waals surface area contributed by atoms with Crippen molar-refractivity contribution in [2.75, 3.05) is 19.0 Å². The first-order valence-electron chi connectivity index (χ1n) is 5.29. The number of benzene rings is 1. The fraction of sp³-hybridized carbons (Fsp3) is 0.250. The number of methoxy groups -OCH3 is 1. The van der Waals surface area contributed by atoms with E-state index in [1.165, 1.54) is 32.2 Å². The van der Waals surface area contributed by atoms with Crippen molar-refractivity contribution >= 4 is 21.6 Å². The number of hydrogen-bond donors (Lipinski definition) is 2. The third-order valence-corrected chi connectivity index (χ3v) is 3.56. The van der Waals surface area contributed by atoms with Gasteiger partial charge < -0.3 is 10.1 Å². The minimum absolute atomic E-state index is 0.00713. The highest BCUT2D eigenvalue weighted by molar-refractivity contribution is 7.89. The van der Waals surface area contributed by atoms with Gasteiger partial charge in [-0.1, -0.05) is 5.92 Å². The molecule has 0 atom stereocenters. The smallest absolute Gasteiger partial charge is 0.241 e. The van der Waals surface area contributed by atoms with Crippen LogP contribution in [0.2, 0.25) is 0 Å². The number of ether oxygens (including phenoxy) is 1. The molecule has 19 heavy (non-hydrogen) atoms. The Balaban J connectivity index is 3.18. The molecule has 0 saturated heterocycles. The molecule has 0 radical (unpaired) electrons. The molecule has 1 aromatic rings. The first-order chi connectivity index (χ1) is 8.90. The molecule has 0 spiro atoms. The van der Waals surface area contributed by atoms with Gasteiger partial charge in [-0.05, 0) is 18.2 Å². The Morgan fingerprint density at radius 3 is 2.68 bits per heavy atom. The number of rotatable bonds is 5. The largest absolute Gasteiger partial charge is 0.495 e. The molecule has 6 nitrogen and oxygen atoms in total. The predicted molar refractivity (Wildman–Crippen MR) is 71.3 cm³/mol. The summed E-state index contributed by atoms with van der Waals surface area (Å²) in [6.45, 7) is 1.21. The van der Waals surface area contributed by atoms with Gasteiger partial charge in [0.1, 0.15) is 5.75 Å². The second-order valence-electron chi connectivity index (χ2n) is 3.57. The number of hydrogen-bond acceptors (Lipinski definition) is 4. The number of anilines is 1. The highest BCUT2D eigenvalue weighted by Gasteiger charge is 2.16. The van der Waals surface area contributed by atoms with Gasteiger partial charge in [0.2, 0.25) is 15.9 Å². The van der Waals surface area contributed by atoms with Crippen molar-refractivity contribution in [3.8, 4) is 18.1 Å². The van der Waals surface area contributed by atoms with E-state index < -0.39 is 10.0 Å². The number of terminal acetylenes is 1. The zero-order valence-corrected chi connectivity index (χ0v) is 11.4. The summed E-state index contributed by atoms with van der Waals surface area (Å²) < 4.78 is 31.0. The van der Waals surface area contributed by atoms with Gasteiger partial charge in [0.25, 0.3) is 0 Å². The first-order valence-corrected chi connectivity index (χ1v) is 6.78. The molecule has 0 aliphatic rings. The lowest BCUT2D eigenvalue weighted by Crippen LogP contribution is -2.24. The van der Waals surface area contributed by atoms with Crippen molar-refractivity contribution in [3.63, 3.8) is 0 Å². The van der Waals surface area contributed by atoms with Crippen LogP contribution in [0.25, 0.3) is 0 Å². The minimum atomic E-state index is -3.71. The number of amides is 1. The molecule has 0 unspecified atom stereocenters. The molecule has 0 heterocycles. The molecule has 1 rings (SSSR count). The highest BCUT2D eigenvalue weighted by atomic mass is 32.2. The second-order valence-corrected chi connectivity index (χ2v) is 5.34. The molecule has 0 bridgehead atoms. The molecule has 1 amide bonds. The number of nitrogens with one attached hydrogen (secondary N) is 2. The Bertz CT molecular complexity index is 617. The highest BCUT2D eigenvalue weighted by Crippen LogP contribution is 2.27. The molecule has 0 fully saturated rings. The van der Waals surface area contributed by atoms with Crippen LogP contribution in [-0.2, 0) is 14.8 Å². The van der Waals surface area contributed by atoms with Crippen LogP contribution in [0.3, 0.4) is 0 Å². The molecular weight excluding hydrogens is 268 g/mol. The van der Waals surface area contributed by atoms with E-state index in [1.54, 1.807) is 0 Å². The van der Waals surface area contributed by atoms with Gasteiger partial charge in [-0.25, -0.2) is 8.42 Å². The van der Waals surface area contributed by atoms with Crippen molar-refractivity contribution in [2.24, 2.45) is 0 Å². The summed E-state index contributed by atoms with van der Waals surface area (Å²) in [5.74, 6) is 2.22. The monoisotopic (exact) mass is 282 g/mol. The average molecular weight is 282 g/mol. The molecule has 2 N–H and O–H groups in total. The molecular formula is C12H14N2O4S. The van der Waals surface area contributed by atoms with E-state index in [-0.39, 0.29) is 23.0 Å². The van der Waals surface area contributed by atoms with Crippen LogP contribution < -0.4 is 14.8 Å². The van der Waals surface area contributed by atoms with Crippen molar-refractivity contribution < 1.29 is 17.9 Å². The van der Waals surface area contributed by atoms with Crippen molar-refractivity contribution in [3.05, 3.63) is 18.2 Å². The molecule has 0 aliphatic carbocycles. The summed E-state index contributed by atoms with van der Waals surface area (Å²) in [6.07, 6.45) is 5.00. The third-order valence-electron chi connectivity index (χ3n) is 2.16. The van der Waals surface area contributed by atoms with Crippen LogP contribution in [0.4, 0.5) is 5.69 Å². The Morgan fingerprint density at radius 2 is 2.16 bits per heavy atom. The number of carbonyl (C=O) groups is 1. The zero-order chi connectivity index (χ0) is 14.5. The van der Waals surface area contributed by atoms with Crippen LogP contribution in [-0.4, -0.2) is 28.0 Å². The van der Waals surface area contributed by atoms with Gasteiger partial charge in [0.05, 0.1) is 24.2 Å². The van der Waals surface area contributed by atoms with Gasteiger partial charge in [-0.3, -0.25) is 4.79 Å². The van der Waals surface area contributed by atoms with Gasteiger partial charge in [0, 0.05) is 6.92 Å². The van der Waals surface area contributed by atoms with E-state index >= 15 is 0 Å². The summed E-state index contributed by atoms with van der Waals surface area (Å²) in [5, 5.41) is 2.50. The van der Waals surface area contributed by atoms with Crippen molar-refractivity contribution in [1.29, 1.82) is 0 Å². The lowest BCUT2D eigenvalue weighted by molar-refractivity contribution is -0.114. The normalized spacial score (nSPS) is 10.6. The summed E-state index contributed by atoms with van der Waals surface area (Å²) in [5.41, 5.74) is 0.276. The lowest BCUT2D eigenvalue weighted by Gasteiger charge is -2.11. The minimum Gasteiger partial charge on any atom is -0.495 e. The van der Waals surface area contributed by atoms with Crippen LogP contribution in [0.15, 0.2) is 23.1 Å². The van der Waals surface area contributed by atoms with Crippen molar-refractivity contribution in [1.82, 2.24) is 4.72 Å². The van der Waals surface area contributed by atoms with Crippen LogP contribution in [0, 0.1) is 12.3 Å². The molecule has 7 heteroatoms. The molecule has 0 aliphatic heterocycles. The quantitative estimate of drug-likeness (QED) is 0.773. The average Bonchev–Trinajstić information content (AvgIpc) is 2.35. The summed E-state index contributed by atoms with van der Waals surface area (Å²) in [4.78, 5) is 11.0. The van der Waals surface area contributed by atoms with E-state index in [1.807, 2.05) is 0 Å². The summed E-state index contributed by atoms with van der Waals surface area (Å²) >= 11 is 0. The van der Waals surface area contributed by atoms with Gasteiger partial charge in [0.15, 0.2) is 0 Å². The fourth-order valence-corrected chi connectivity index (χ4v) is 2.32. The zero-order valence-electron chi connectivity index (χ0n) is 10.6. The topological polar surface area (TPSA) is 84.5 Å². The Labute approximate surface area is 112 Å². The van der Waals surface area contributed by atoms with Crippen LogP contribution in [0.5, 0.6) is 5.75 Å². The maximum atomic E-state index is 11.9. The fourth-order valence-electron chi connectivity index (χ4n) is 1.36. The first kappa shape index (κ1) is 15.0. The number of sulfonamides is 1. The molecule has 0 saturated carbocycles. The van der Waals surface area contributed by atoms with Crippen LogP contribution in [0.1, 0.15) is 6.92 Å². The van der Waals surface area contributed by atoms with E-state index in [0.29, 0.717) is 5.75 Å². The van der Waals surface area contributed by atoms with Gasteiger partial charge in [-0.2, -0.15) is 4.72 Å². The molecule has 1 aromatic carbocycles. The van der Waals surface area contributed by atoms with Crippen LogP contribution >= 0.6 is 0 Å². The Morgan fingerprint density at radius 1 is 1.47 bits per heavy atom. The second kappa shape index (κ2) is 6.22. The van der Waals surface area contributed by atoms with E-state index in [0.717, 1.165) is 0 Å². The standard InChI is InChI=1S/C12H14N2O4S/c1-4-7-13-19(16,17)10-5-6-12(18-3)11(8-10)14-9(2)15/h1,5-6,8,13H,7H2,2-3H3,(H,14,15). The van der Waals surface area contributed by atoms with Gasteiger partial charge >= 0.3 is 0 Å². The third kappa shape index (κ3) is 3.98. The van der Waals surface area contributed by atoms with Crippen molar-refractivity contribution in [2.45, 2.75) is 11.8 Å². The molecule has 102 valence electrons. The maximum absolute atomic E-state index is 11.9. The van der Waals surface area contributed by atoms with E-state index in [9.17, 15) is 13.2 Å².